The molecular formula is C19H11Cl2F3N4. The number of pyridine rings is 2. The van der Waals surface area contributed by atoms with E-state index in [1.54, 1.807) is 24.3 Å². The predicted octanol–water partition coefficient (Wildman–Crippen LogP) is 6.12. The standard InChI is InChI=1S/C19H11Cl2F3N4/c1-10-17-13(19(22,23)24)9-15(12-6-5-11(20)8-14(12)21)26-18(17)28(27-10)16-4-2-3-7-25-16/h2-9H,1H3. The molecule has 0 bridgehead atoms. The lowest BCUT2D eigenvalue weighted by Crippen LogP contribution is -2.08. The fraction of sp³-hybridized carbons (Fsp3) is 0.105. The lowest BCUT2D eigenvalue weighted by molar-refractivity contribution is -0.136. The summed E-state index contributed by atoms with van der Waals surface area (Å²) in [5, 5.41) is 4.74. The van der Waals surface area contributed by atoms with Crippen LogP contribution in [-0.4, -0.2) is 19.7 Å². The Hall–Kier alpha value is -2.64. The van der Waals surface area contributed by atoms with Crippen molar-refractivity contribution in [2.45, 2.75) is 13.1 Å². The molecule has 4 rings (SSSR count). The zero-order chi connectivity index (χ0) is 20.1. The maximum atomic E-state index is 13.8. The molecule has 3 aromatic heterocycles. The van der Waals surface area contributed by atoms with Crippen molar-refractivity contribution in [2.75, 3.05) is 0 Å². The molecule has 4 aromatic rings. The van der Waals surface area contributed by atoms with E-state index < -0.39 is 11.7 Å². The fourth-order valence-electron chi connectivity index (χ4n) is 2.99. The van der Waals surface area contributed by atoms with Crippen molar-refractivity contribution in [3.63, 3.8) is 0 Å². The first-order valence-corrected chi connectivity index (χ1v) is 8.85. The summed E-state index contributed by atoms with van der Waals surface area (Å²) in [4.78, 5) is 8.61. The minimum atomic E-state index is -4.60. The van der Waals surface area contributed by atoms with E-state index in [9.17, 15) is 13.2 Å². The summed E-state index contributed by atoms with van der Waals surface area (Å²) in [6.07, 6.45) is -3.07. The molecular weight excluding hydrogens is 412 g/mol. The third kappa shape index (κ3) is 3.21. The molecule has 0 N–H and O–H groups in total. The SMILES string of the molecule is Cc1nn(-c2ccccn2)c2nc(-c3ccc(Cl)cc3Cl)cc(C(F)(F)F)c12. The number of aromatic nitrogens is 4. The molecule has 142 valence electrons. The van der Waals surface area contributed by atoms with Crippen molar-refractivity contribution in [2.24, 2.45) is 0 Å². The zero-order valence-corrected chi connectivity index (χ0v) is 15.8. The van der Waals surface area contributed by atoms with Gasteiger partial charge in [-0.3, -0.25) is 0 Å². The number of nitrogens with zero attached hydrogens (tertiary/aromatic N) is 4. The Balaban J connectivity index is 2.08. The smallest absolute Gasteiger partial charge is 0.237 e. The Morgan fingerprint density at radius 1 is 1.04 bits per heavy atom. The number of rotatable bonds is 2. The molecule has 28 heavy (non-hydrogen) atoms. The molecule has 0 unspecified atom stereocenters. The molecule has 1 aromatic carbocycles. The summed E-state index contributed by atoms with van der Waals surface area (Å²) in [5.74, 6) is 0.362. The first kappa shape index (κ1) is 18.7. The van der Waals surface area contributed by atoms with E-state index in [4.69, 9.17) is 23.2 Å². The van der Waals surface area contributed by atoms with Crippen molar-refractivity contribution in [3.05, 3.63) is 70.0 Å². The number of halogens is 5. The van der Waals surface area contributed by atoms with Crippen molar-refractivity contribution >= 4 is 34.2 Å². The highest BCUT2D eigenvalue weighted by atomic mass is 35.5. The first-order chi connectivity index (χ1) is 13.3. The molecule has 9 heteroatoms. The van der Waals surface area contributed by atoms with Gasteiger partial charge in [0.15, 0.2) is 11.5 Å². The van der Waals surface area contributed by atoms with E-state index >= 15 is 0 Å². The normalized spacial score (nSPS) is 11.9. The van der Waals surface area contributed by atoms with Gasteiger partial charge in [0.25, 0.3) is 0 Å². The molecule has 0 amide bonds. The molecule has 0 saturated carbocycles. The monoisotopic (exact) mass is 422 g/mol. The molecule has 0 fully saturated rings. The van der Waals surface area contributed by atoms with Crippen molar-refractivity contribution < 1.29 is 13.2 Å². The Labute approximate surface area is 167 Å². The Morgan fingerprint density at radius 3 is 2.46 bits per heavy atom. The lowest BCUT2D eigenvalue weighted by atomic mass is 10.1. The van der Waals surface area contributed by atoms with Crippen LogP contribution >= 0.6 is 23.2 Å². The molecule has 0 aliphatic heterocycles. The van der Waals surface area contributed by atoms with Gasteiger partial charge in [-0.2, -0.15) is 23.0 Å². The van der Waals surface area contributed by atoms with E-state index in [1.807, 2.05) is 0 Å². The van der Waals surface area contributed by atoms with Crippen molar-refractivity contribution in [1.82, 2.24) is 19.7 Å². The van der Waals surface area contributed by atoms with Gasteiger partial charge in [0.1, 0.15) is 0 Å². The van der Waals surface area contributed by atoms with Gasteiger partial charge in [0.2, 0.25) is 0 Å². The van der Waals surface area contributed by atoms with Crippen LogP contribution in [0.4, 0.5) is 13.2 Å². The van der Waals surface area contributed by atoms with Crippen LogP contribution in [-0.2, 0) is 6.18 Å². The summed E-state index contributed by atoms with van der Waals surface area (Å²) >= 11 is 12.1. The first-order valence-electron chi connectivity index (χ1n) is 8.10. The molecule has 4 nitrogen and oxygen atoms in total. The Morgan fingerprint density at radius 2 is 1.82 bits per heavy atom. The van der Waals surface area contributed by atoms with Gasteiger partial charge in [-0.15, -0.1) is 0 Å². The van der Waals surface area contributed by atoms with E-state index in [2.05, 4.69) is 15.1 Å². The zero-order valence-electron chi connectivity index (χ0n) is 14.3. The summed E-state index contributed by atoms with van der Waals surface area (Å²) in [6.45, 7) is 1.51. The van der Waals surface area contributed by atoms with Crippen LogP contribution in [0.5, 0.6) is 0 Å². The second-order valence-corrected chi connectivity index (χ2v) is 6.90. The van der Waals surface area contributed by atoms with Gasteiger partial charge in [-0.05, 0) is 43.3 Å². The van der Waals surface area contributed by atoms with Crippen LogP contribution in [0.3, 0.4) is 0 Å². The van der Waals surface area contributed by atoms with E-state index in [-0.39, 0.29) is 27.4 Å². The quantitative estimate of drug-likeness (QED) is 0.390. The molecule has 0 radical (unpaired) electrons. The highest BCUT2D eigenvalue weighted by molar-refractivity contribution is 6.36. The molecule has 0 atom stereocenters. The van der Waals surface area contributed by atoms with Gasteiger partial charge in [-0.1, -0.05) is 29.3 Å². The van der Waals surface area contributed by atoms with Gasteiger partial charge >= 0.3 is 6.18 Å². The van der Waals surface area contributed by atoms with E-state index in [1.165, 1.54) is 29.9 Å². The highest BCUT2D eigenvalue weighted by Gasteiger charge is 2.36. The lowest BCUT2D eigenvalue weighted by Gasteiger charge is -2.12. The van der Waals surface area contributed by atoms with Crippen LogP contribution in [0.15, 0.2) is 48.7 Å². The Kier molecular flexibility index (Phi) is 4.51. The number of hydrogen-bond donors (Lipinski definition) is 0. The molecule has 0 aliphatic carbocycles. The fourth-order valence-corrected chi connectivity index (χ4v) is 3.49. The van der Waals surface area contributed by atoms with Crippen molar-refractivity contribution in [3.8, 4) is 17.1 Å². The van der Waals surface area contributed by atoms with Crippen LogP contribution in [0, 0.1) is 6.92 Å². The van der Waals surface area contributed by atoms with Crippen LogP contribution in [0.2, 0.25) is 10.0 Å². The van der Waals surface area contributed by atoms with Crippen LogP contribution in [0.25, 0.3) is 28.1 Å². The molecule has 0 spiro atoms. The summed E-state index contributed by atoms with van der Waals surface area (Å²) in [7, 11) is 0. The third-order valence-corrected chi connectivity index (χ3v) is 4.74. The van der Waals surface area contributed by atoms with Gasteiger partial charge in [-0.25, -0.2) is 9.97 Å². The maximum Gasteiger partial charge on any atom is 0.417 e. The Bertz CT molecular complexity index is 1190. The number of hydrogen-bond acceptors (Lipinski definition) is 3. The topological polar surface area (TPSA) is 43.6 Å². The number of benzene rings is 1. The predicted molar refractivity (Wildman–Crippen MR) is 102 cm³/mol. The second kappa shape index (κ2) is 6.76. The second-order valence-electron chi connectivity index (χ2n) is 6.06. The summed E-state index contributed by atoms with van der Waals surface area (Å²) < 4.78 is 42.8. The summed E-state index contributed by atoms with van der Waals surface area (Å²) in [6, 6.07) is 10.6. The summed E-state index contributed by atoms with van der Waals surface area (Å²) in [5.41, 5.74) is -0.178. The molecule has 0 aliphatic rings. The number of fused-ring (bicyclic) bond motifs is 1. The number of alkyl halides is 3. The van der Waals surface area contributed by atoms with Gasteiger partial charge < -0.3 is 0 Å². The highest BCUT2D eigenvalue weighted by Crippen LogP contribution is 2.40. The third-order valence-electron chi connectivity index (χ3n) is 4.19. The van der Waals surface area contributed by atoms with Gasteiger partial charge in [0.05, 0.1) is 27.4 Å². The minimum Gasteiger partial charge on any atom is -0.237 e. The number of aryl methyl sites for hydroxylation is 1. The van der Waals surface area contributed by atoms with Crippen molar-refractivity contribution in [1.29, 1.82) is 0 Å². The van der Waals surface area contributed by atoms with Crippen LogP contribution in [0.1, 0.15) is 11.3 Å². The average Bonchev–Trinajstić information content (AvgIpc) is 2.98. The molecule has 0 saturated heterocycles. The van der Waals surface area contributed by atoms with Gasteiger partial charge in [0, 0.05) is 16.8 Å². The van der Waals surface area contributed by atoms with E-state index in [0.29, 0.717) is 16.4 Å². The largest absolute Gasteiger partial charge is 0.417 e. The minimum absolute atomic E-state index is 0.0482. The average molecular weight is 423 g/mol. The van der Waals surface area contributed by atoms with E-state index in [0.717, 1.165) is 6.07 Å². The van der Waals surface area contributed by atoms with Crippen LogP contribution < -0.4 is 0 Å². The maximum absolute atomic E-state index is 13.8. The molecule has 3 heterocycles.